The summed E-state index contributed by atoms with van der Waals surface area (Å²) >= 11 is 12.2. The Bertz CT molecular complexity index is 907. The molecule has 2 aromatic carbocycles. The molecule has 0 aliphatic carbocycles. The van der Waals surface area contributed by atoms with Crippen molar-refractivity contribution in [2.24, 2.45) is 0 Å². The number of nitro groups is 1. The lowest BCUT2D eigenvalue weighted by Gasteiger charge is -2.04. The van der Waals surface area contributed by atoms with Crippen molar-refractivity contribution in [2.75, 3.05) is 0 Å². The standard InChI is InChI=1S/C16H10Cl2N2O4/c17-10-3-6-14(18)12(7-10)15-13(8-21)16(24-19-15)9-1-4-11(5-2-9)20(22)23/h1-7,21H,8H2. The average Bonchev–Trinajstić information content (AvgIpc) is 3.00. The maximum atomic E-state index is 10.7. The van der Waals surface area contributed by atoms with Gasteiger partial charge < -0.3 is 9.63 Å². The molecule has 8 heteroatoms. The normalized spacial score (nSPS) is 10.8. The number of hydrogen-bond donors (Lipinski definition) is 1. The van der Waals surface area contributed by atoms with Crippen molar-refractivity contribution in [3.63, 3.8) is 0 Å². The summed E-state index contributed by atoms with van der Waals surface area (Å²) in [5, 5.41) is 25.3. The summed E-state index contributed by atoms with van der Waals surface area (Å²) in [4.78, 5) is 10.2. The first-order chi connectivity index (χ1) is 11.5. The summed E-state index contributed by atoms with van der Waals surface area (Å²) < 4.78 is 5.34. The molecule has 0 atom stereocenters. The van der Waals surface area contributed by atoms with Crippen LogP contribution >= 0.6 is 23.2 Å². The number of aliphatic hydroxyl groups is 1. The molecule has 0 spiro atoms. The van der Waals surface area contributed by atoms with Crippen LogP contribution in [0.25, 0.3) is 22.6 Å². The van der Waals surface area contributed by atoms with E-state index in [1.54, 1.807) is 18.2 Å². The zero-order valence-corrected chi connectivity index (χ0v) is 13.6. The highest BCUT2D eigenvalue weighted by Crippen LogP contribution is 2.37. The van der Waals surface area contributed by atoms with Crippen LogP contribution in [0.5, 0.6) is 0 Å². The quantitative estimate of drug-likeness (QED) is 0.534. The summed E-state index contributed by atoms with van der Waals surface area (Å²) in [6.07, 6.45) is 0. The molecule has 0 aliphatic heterocycles. The van der Waals surface area contributed by atoms with Gasteiger partial charge in [-0.1, -0.05) is 28.4 Å². The van der Waals surface area contributed by atoms with E-state index in [4.69, 9.17) is 27.7 Å². The molecule has 0 amide bonds. The second-order valence-electron chi connectivity index (χ2n) is 4.93. The lowest BCUT2D eigenvalue weighted by Crippen LogP contribution is -1.91. The summed E-state index contributed by atoms with van der Waals surface area (Å²) in [6.45, 7) is -0.339. The van der Waals surface area contributed by atoms with Crippen LogP contribution in [-0.4, -0.2) is 15.2 Å². The maximum Gasteiger partial charge on any atom is 0.269 e. The fraction of sp³-hybridized carbons (Fsp3) is 0.0625. The Labute approximate surface area is 146 Å². The van der Waals surface area contributed by atoms with Gasteiger partial charge in [0.05, 0.1) is 22.1 Å². The minimum Gasteiger partial charge on any atom is -0.391 e. The zero-order chi connectivity index (χ0) is 17.3. The number of halogens is 2. The first-order valence-corrected chi connectivity index (χ1v) is 7.56. The number of non-ortho nitro benzene ring substituents is 1. The van der Waals surface area contributed by atoms with Crippen molar-refractivity contribution in [2.45, 2.75) is 6.61 Å². The first-order valence-electron chi connectivity index (χ1n) is 6.81. The first kappa shape index (κ1) is 16.4. The summed E-state index contributed by atoms with van der Waals surface area (Å²) in [5.41, 5.74) is 1.85. The van der Waals surface area contributed by atoms with Crippen molar-refractivity contribution in [1.29, 1.82) is 0 Å². The van der Waals surface area contributed by atoms with Crippen molar-refractivity contribution in [3.8, 4) is 22.6 Å². The molecule has 0 bridgehead atoms. The van der Waals surface area contributed by atoms with Gasteiger partial charge in [0.15, 0.2) is 5.76 Å². The lowest BCUT2D eigenvalue weighted by molar-refractivity contribution is -0.384. The third kappa shape index (κ3) is 2.99. The molecular formula is C16H10Cl2N2O4. The Hall–Kier alpha value is -2.41. The van der Waals surface area contributed by atoms with Gasteiger partial charge in [0, 0.05) is 28.3 Å². The molecule has 3 aromatic rings. The molecule has 0 radical (unpaired) electrons. The van der Waals surface area contributed by atoms with Crippen LogP contribution in [0.2, 0.25) is 10.0 Å². The second-order valence-corrected chi connectivity index (χ2v) is 5.77. The van der Waals surface area contributed by atoms with Gasteiger partial charge in [-0.2, -0.15) is 0 Å². The van der Waals surface area contributed by atoms with Crippen LogP contribution in [0.1, 0.15) is 5.56 Å². The van der Waals surface area contributed by atoms with Crippen molar-refractivity contribution in [1.82, 2.24) is 5.16 Å². The number of aliphatic hydroxyl groups excluding tert-OH is 1. The maximum absolute atomic E-state index is 10.7. The van der Waals surface area contributed by atoms with E-state index in [0.29, 0.717) is 38.2 Å². The number of nitro benzene ring substituents is 1. The van der Waals surface area contributed by atoms with Gasteiger partial charge in [0.2, 0.25) is 0 Å². The smallest absolute Gasteiger partial charge is 0.269 e. The largest absolute Gasteiger partial charge is 0.391 e. The molecule has 0 saturated carbocycles. The van der Waals surface area contributed by atoms with Crippen LogP contribution in [0.15, 0.2) is 47.0 Å². The van der Waals surface area contributed by atoms with E-state index >= 15 is 0 Å². The van der Waals surface area contributed by atoms with Crippen LogP contribution in [0.4, 0.5) is 5.69 Å². The van der Waals surface area contributed by atoms with E-state index in [2.05, 4.69) is 5.16 Å². The lowest BCUT2D eigenvalue weighted by atomic mass is 10.0. The number of nitrogens with zero attached hydrogens (tertiary/aromatic N) is 2. The highest BCUT2D eigenvalue weighted by molar-refractivity contribution is 6.35. The van der Waals surface area contributed by atoms with Crippen LogP contribution in [0, 0.1) is 10.1 Å². The minimum absolute atomic E-state index is 0.0399. The summed E-state index contributed by atoms with van der Waals surface area (Å²) in [6, 6.07) is 10.7. The Balaban J connectivity index is 2.10. The molecule has 1 aromatic heterocycles. The molecule has 24 heavy (non-hydrogen) atoms. The van der Waals surface area contributed by atoms with E-state index in [9.17, 15) is 15.2 Å². The Morgan fingerprint density at radius 3 is 2.50 bits per heavy atom. The van der Waals surface area contributed by atoms with E-state index < -0.39 is 4.92 Å². The molecule has 122 valence electrons. The fourth-order valence-corrected chi connectivity index (χ4v) is 2.69. The minimum atomic E-state index is -0.492. The van der Waals surface area contributed by atoms with Gasteiger partial charge in [-0.25, -0.2) is 0 Å². The molecular weight excluding hydrogens is 355 g/mol. The number of benzene rings is 2. The number of hydrogen-bond acceptors (Lipinski definition) is 5. The highest BCUT2D eigenvalue weighted by Gasteiger charge is 2.21. The van der Waals surface area contributed by atoms with E-state index in [-0.39, 0.29) is 12.3 Å². The monoisotopic (exact) mass is 364 g/mol. The van der Waals surface area contributed by atoms with Crippen molar-refractivity contribution in [3.05, 3.63) is 68.2 Å². The van der Waals surface area contributed by atoms with Gasteiger partial charge in [-0.05, 0) is 30.3 Å². The van der Waals surface area contributed by atoms with Crippen LogP contribution in [-0.2, 0) is 6.61 Å². The molecule has 1 N–H and O–H groups in total. The molecule has 3 rings (SSSR count). The van der Waals surface area contributed by atoms with Gasteiger partial charge in [-0.3, -0.25) is 10.1 Å². The number of rotatable bonds is 4. The van der Waals surface area contributed by atoms with E-state index in [0.717, 1.165) is 0 Å². The van der Waals surface area contributed by atoms with E-state index in [1.165, 1.54) is 24.3 Å². The van der Waals surface area contributed by atoms with Crippen LogP contribution < -0.4 is 0 Å². The topological polar surface area (TPSA) is 89.4 Å². The van der Waals surface area contributed by atoms with Crippen molar-refractivity contribution >= 4 is 28.9 Å². The average molecular weight is 365 g/mol. The van der Waals surface area contributed by atoms with Gasteiger partial charge >= 0.3 is 0 Å². The van der Waals surface area contributed by atoms with Gasteiger partial charge in [0.1, 0.15) is 5.69 Å². The predicted molar refractivity (Wildman–Crippen MR) is 90.0 cm³/mol. The molecule has 0 fully saturated rings. The van der Waals surface area contributed by atoms with Gasteiger partial charge in [0.25, 0.3) is 5.69 Å². The second kappa shape index (κ2) is 6.60. The van der Waals surface area contributed by atoms with Gasteiger partial charge in [-0.15, -0.1) is 0 Å². The molecule has 0 unspecified atom stereocenters. The molecule has 6 nitrogen and oxygen atoms in total. The van der Waals surface area contributed by atoms with Crippen molar-refractivity contribution < 1.29 is 14.6 Å². The Morgan fingerprint density at radius 2 is 1.88 bits per heavy atom. The Morgan fingerprint density at radius 1 is 1.17 bits per heavy atom. The summed E-state index contributed by atoms with van der Waals surface area (Å²) in [7, 11) is 0. The predicted octanol–water partition coefficient (Wildman–Crippen LogP) is 4.72. The zero-order valence-electron chi connectivity index (χ0n) is 12.1. The third-order valence-electron chi connectivity index (χ3n) is 3.47. The number of aromatic nitrogens is 1. The molecule has 0 aliphatic rings. The third-order valence-corrected chi connectivity index (χ3v) is 4.03. The summed E-state index contributed by atoms with van der Waals surface area (Å²) in [5.74, 6) is 0.318. The molecule has 0 saturated heterocycles. The molecule has 1 heterocycles. The SMILES string of the molecule is O=[N+]([O-])c1ccc(-c2onc(-c3cc(Cl)ccc3Cl)c2CO)cc1. The van der Waals surface area contributed by atoms with Crippen LogP contribution in [0.3, 0.4) is 0 Å². The fourth-order valence-electron chi connectivity index (χ4n) is 2.31. The van der Waals surface area contributed by atoms with E-state index in [1.807, 2.05) is 0 Å². The Kier molecular flexibility index (Phi) is 4.53. The highest BCUT2D eigenvalue weighted by atomic mass is 35.5.